The topological polar surface area (TPSA) is 62.4 Å². The number of aliphatic hydroxyl groups excluding tert-OH is 1. The number of nitrogens with zero attached hydrogens (tertiary/aromatic N) is 3. The quantitative estimate of drug-likeness (QED) is 0.904. The van der Waals surface area contributed by atoms with Crippen LogP contribution in [0.25, 0.3) is 0 Å². The van der Waals surface area contributed by atoms with Crippen LogP contribution in [-0.2, 0) is 0 Å². The van der Waals surface area contributed by atoms with Crippen LogP contribution < -0.4 is 4.90 Å². The standard InChI is InChI=1S/C14H23N3O2/c1-9(2)13-15-14(19-16-13)17-7-5-11(6-8-17)12(18)10-3-4-10/h9-12,18H,3-8H2,1-2H3. The third-order valence-corrected chi connectivity index (χ3v) is 4.35. The molecular formula is C14H23N3O2. The zero-order chi connectivity index (χ0) is 13.4. The summed E-state index contributed by atoms with van der Waals surface area (Å²) >= 11 is 0. The number of hydrogen-bond donors (Lipinski definition) is 1. The summed E-state index contributed by atoms with van der Waals surface area (Å²) in [5.41, 5.74) is 0. The summed E-state index contributed by atoms with van der Waals surface area (Å²) in [6.45, 7) is 5.95. The van der Waals surface area contributed by atoms with Crippen LogP contribution in [0.1, 0.15) is 51.3 Å². The molecule has 0 aromatic carbocycles. The summed E-state index contributed by atoms with van der Waals surface area (Å²) in [4.78, 5) is 6.58. The van der Waals surface area contributed by atoms with Gasteiger partial charge in [-0.2, -0.15) is 4.98 Å². The molecule has 19 heavy (non-hydrogen) atoms. The molecule has 1 N–H and O–H groups in total. The van der Waals surface area contributed by atoms with Gasteiger partial charge in [0, 0.05) is 19.0 Å². The predicted molar refractivity (Wildman–Crippen MR) is 72.1 cm³/mol. The summed E-state index contributed by atoms with van der Waals surface area (Å²) in [6, 6.07) is 0.642. The Bertz CT molecular complexity index is 420. The van der Waals surface area contributed by atoms with Crippen LogP contribution in [0, 0.1) is 11.8 Å². The molecule has 1 aliphatic carbocycles. The lowest BCUT2D eigenvalue weighted by molar-refractivity contribution is 0.0725. The van der Waals surface area contributed by atoms with E-state index in [0.717, 1.165) is 31.8 Å². The third kappa shape index (κ3) is 2.76. The molecule has 2 heterocycles. The van der Waals surface area contributed by atoms with Crippen LogP contribution in [0.5, 0.6) is 0 Å². The molecule has 5 nitrogen and oxygen atoms in total. The molecule has 0 bridgehead atoms. The van der Waals surface area contributed by atoms with Gasteiger partial charge in [0.15, 0.2) is 5.82 Å². The Morgan fingerprint density at radius 3 is 2.32 bits per heavy atom. The lowest BCUT2D eigenvalue weighted by Gasteiger charge is -2.33. The van der Waals surface area contributed by atoms with E-state index in [9.17, 15) is 5.11 Å². The number of rotatable bonds is 4. The average molecular weight is 265 g/mol. The Hall–Kier alpha value is -1.10. The molecule has 1 saturated heterocycles. The molecule has 2 aliphatic rings. The molecule has 1 saturated carbocycles. The maximum Gasteiger partial charge on any atom is 0.324 e. The van der Waals surface area contributed by atoms with Gasteiger partial charge in [-0.05, 0) is 37.5 Å². The Morgan fingerprint density at radius 1 is 1.16 bits per heavy atom. The predicted octanol–water partition coefficient (Wildman–Crippen LogP) is 2.18. The highest BCUT2D eigenvalue weighted by atomic mass is 16.5. The molecule has 0 amide bonds. The van der Waals surface area contributed by atoms with E-state index in [1.807, 2.05) is 0 Å². The van der Waals surface area contributed by atoms with E-state index in [1.54, 1.807) is 0 Å². The second-order valence-electron chi connectivity index (χ2n) is 6.24. The smallest absolute Gasteiger partial charge is 0.324 e. The van der Waals surface area contributed by atoms with E-state index < -0.39 is 0 Å². The number of aliphatic hydroxyl groups is 1. The van der Waals surface area contributed by atoms with Crippen molar-refractivity contribution in [1.82, 2.24) is 10.1 Å². The van der Waals surface area contributed by atoms with Crippen LogP contribution in [0.4, 0.5) is 6.01 Å². The summed E-state index contributed by atoms with van der Waals surface area (Å²) in [7, 11) is 0. The lowest BCUT2D eigenvalue weighted by Crippen LogP contribution is -2.38. The van der Waals surface area contributed by atoms with Gasteiger partial charge in [0.1, 0.15) is 0 Å². The van der Waals surface area contributed by atoms with Crippen LogP contribution in [-0.4, -0.2) is 34.4 Å². The molecule has 1 aromatic heterocycles. The summed E-state index contributed by atoms with van der Waals surface area (Å²) < 4.78 is 5.32. The van der Waals surface area contributed by atoms with Crippen molar-refractivity contribution in [1.29, 1.82) is 0 Å². The van der Waals surface area contributed by atoms with E-state index in [2.05, 4.69) is 28.9 Å². The summed E-state index contributed by atoms with van der Waals surface area (Å²) in [5, 5.41) is 14.2. The van der Waals surface area contributed by atoms with Crippen molar-refractivity contribution in [3.63, 3.8) is 0 Å². The summed E-state index contributed by atoms with van der Waals surface area (Å²) in [5.74, 6) is 2.10. The zero-order valence-corrected chi connectivity index (χ0v) is 11.7. The van der Waals surface area contributed by atoms with Crippen LogP contribution >= 0.6 is 0 Å². The van der Waals surface area contributed by atoms with Crippen LogP contribution in [0.2, 0.25) is 0 Å². The molecule has 0 radical (unpaired) electrons. The SMILES string of the molecule is CC(C)c1noc(N2CCC(C(O)C3CC3)CC2)n1. The average Bonchev–Trinajstić information content (AvgIpc) is 3.14. The van der Waals surface area contributed by atoms with E-state index in [1.165, 1.54) is 12.8 Å². The molecule has 1 unspecified atom stereocenters. The first-order valence-corrected chi connectivity index (χ1v) is 7.41. The van der Waals surface area contributed by atoms with Crippen molar-refractivity contribution >= 4 is 6.01 Å². The Morgan fingerprint density at radius 2 is 1.79 bits per heavy atom. The molecule has 1 aliphatic heterocycles. The van der Waals surface area contributed by atoms with Gasteiger partial charge in [0.2, 0.25) is 0 Å². The zero-order valence-electron chi connectivity index (χ0n) is 11.7. The van der Waals surface area contributed by atoms with Gasteiger partial charge in [-0.3, -0.25) is 0 Å². The van der Waals surface area contributed by atoms with Gasteiger partial charge >= 0.3 is 6.01 Å². The first-order valence-electron chi connectivity index (χ1n) is 7.41. The second kappa shape index (κ2) is 5.12. The van der Waals surface area contributed by atoms with Crippen LogP contribution in [0.15, 0.2) is 4.52 Å². The van der Waals surface area contributed by atoms with E-state index in [0.29, 0.717) is 23.8 Å². The highest BCUT2D eigenvalue weighted by Crippen LogP contribution is 2.39. The van der Waals surface area contributed by atoms with Gasteiger partial charge in [0.05, 0.1) is 6.10 Å². The van der Waals surface area contributed by atoms with Gasteiger partial charge < -0.3 is 14.5 Å². The normalized spacial score (nSPS) is 23.1. The van der Waals surface area contributed by atoms with E-state index in [-0.39, 0.29) is 6.10 Å². The molecule has 3 rings (SSSR count). The van der Waals surface area contributed by atoms with Crippen molar-refractivity contribution in [3.8, 4) is 0 Å². The fraction of sp³-hybridized carbons (Fsp3) is 0.857. The van der Waals surface area contributed by atoms with Crippen molar-refractivity contribution < 1.29 is 9.63 Å². The van der Waals surface area contributed by atoms with E-state index >= 15 is 0 Å². The van der Waals surface area contributed by atoms with Gasteiger partial charge in [-0.15, -0.1) is 0 Å². The molecule has 1 aromatic rings. The molecule has 2 fully saturated rings. The lowest BCUT2D eigenvalue weighted by atomic mass is 9.89. The first-order chi connectivity index (χ1) is 9.15. The first kappa shape index (κ1) is 12.9. The van der Waals surface area contributed by atoms with E-state index in [4.69, 9.17) is 4.52 Å². The van der Waals surface area contributed by atoms with Gasteiger partial charge in [0.25, 0.3) is 0 Å². The maximum absolute atomic E-state index is 10.2. The van der Waals surface area contributed by atoms with Crippen LogP contribution in [0.3, 0.4) is 0 Å². The minimum Gasteiger partial charge on any atom is -0.393 e. The van der Waals surface area contributed by atoms with Crippen molar-refractivity contribution in [2.45, 2.75) is 51.6 Å². The van der Waals surface area contributed by atoms with Crippen molar-refractivity contribution in [3.05, 3.63) is 5.82 Å². The fourth-order valence-corrected chi connectivity index (χ4v) is 2.84. The number of aromatic nitrogens is 2. The summed E-state index contributed by atoms with van der Waals surface area (Å²) in [6.07, 6.45) is 4.38. The Kier molecular flexibility index (Phi) is 3.48. The van der Waals surface area contributed by atoms with Crippen molar-refractivity contribution in [2.75, 3.05) is 18.0 Å². The minimum absolute atomic E-state index is 0.0870. The van der Waals surface area contributed by atoms with Gasteiger partial charge in [-0.1, -0.05) is 19.0 Å². The largest absolute Gasteiger partial charge is 0.393 e. The number of hydrogen-bond acceptors (Lipinski definition) is 5. The molecular weight excluding hydrogens is 242 g/mol. The third-order valence-electron chi connectivity index (χ3n) is 4.35. The second-order valence-corrected chi connectivity index (χ2v) is 6.24. The number of anilines is 1. The monoisotopic (exact) mass is 265 g/mol. The maximum atomic E-state index is 10.2. The molecule has 5 heteroatoms. The van der Waals surface area contributed by atoms with Crippen molar-refractivity contribution in [2.24, 2.45) is 11.8 Å². The van der Waals surface area contributed by atoms with Gasteiger partial charge in [-0.25, -0.2) is 0 Å². The highest BCUT2D eigenvalue weighted by molar-refractivity contribution is 5.26. The fourth-order valence-electron chi connectivity index (χ4n) is 2.84. The minimum atomic E-state index is -0.0870. The molecule has 1 atom stereocenters. The Labute approximate surface area is 114 Å². The molecule has 0 spiro atoms. The Balaban J connectivity index is 1.56. The molecule has 106 valence electrons. The number of piperidine rings is 1. The highest BCUT2D eigenvalue weighted by Gasteiger charge is 2.37.